The fourth-order valence-electron chi connectivity index (χ4n) is 11.5. The minimum Gasteiger partial charge on any atom is -0.501 e. The molecule has 6 heterocycles. The Morgan fingerprint density at radius 2 is 1.35 bits per heavy atom. The minimum atomic E-state index is -0.962. The number of nitrogens with zero attached hydrogens (tertiary/aromatic N) is 3. The first-order chi connectivity index (χ1) is 53.7. The zero-order chi connectivity index (χ0) is 85.3. The molecular weight excluding hydrogens is 1560 g/mol. The summed E-state index contributed by atoms with van der Waals surface area (Å²) in [6.45, 7) is 53.8. The molecule has 4 atom stereocenters. The van der Waals surface area contributed by atoms with Gasteiger partial charge in [-0.15, -0.1) is 19.7 Å². The second-order valence-corrected chi connectivity index (χ2v) is 30.5. The predicted molar refractivity (Wildman–Crippen MR) is 464 cm³/mol. The summed E-state index contributed by atoms with van der Waals surface area (Å²) < 4.78 is 48.4. The van der Waals surface area contributed by atoms with Crippen molar-refractivity contribution in [3.8, 4) is 17.2 Å². The zero-order valence-electron chi connectivity index (χ0n) is 70.1. The fourth-order valence-corrected chi connectivity index (χ4v) is 12.3. The van der Waals surface area contributed by atoms with E-state index in [1.807, 2.05) is 117 Å². The van der Waals surface area contributed by atoms with Crippen molar-refractivity contribution in [2.75, 3.05) is 95.6 Å². The summed E-state index contributed by atoms with van der Waals surface area (Å²) >= 11 is 6.90. The zero-order valence-corrected chi connectivity index (χ0v) is 73.3. The van der Waals surface area contributed by atoms with Gasteiger partial charge in [0.2, 0.25) is 6.41 Å². The Bertz CT molecular complexity index is 3850. The number of aryl methyl sites for hydroxylation is 1. The van der Waals surface area contributed by atoms with E-state index in [-0.39, 0.29) is 47.0 Å². The standard InChI is InChI=1S/C21H29NO4.C21H25NO3.C12H18O4.C10H14O.C9H12BrNO.C8H8BrN.C6H12BO2.C2H4.CH4O/c1-6-17(20-13-26-20)10-16-7-8-22(12-16)21(24)15(4)19(23)11-18(25-5)9-14(2)3;1-6-15(7-2)11-16-9-10-22(14-16)21(23)18-12-17(8-3)19(24-4)13-20(18)25-5;1-7(2)8-5-9(12(13)14)11(16-4)6-10(8)15-3;1-8(2)9-4-6-10(11-3)7-5-9;1-2-9(10)5-8-3-4-11(6-8)7-12;9-8-2-1-6-4-10-5-7(6)3-8;1-5(2)6(3,4)9-7-8-5;2*1-2/h6-7,9-10,14,19-20,23H,1,4,8,11-13H2,2-3,5H3;6-7,9,11-13H,1-2,8,10,14H2,3-5H3;5,7,11H,6H2,1-4H3,(H,13,14);4-8H,1-3H3;2-3,7,9H,1,4-6H2;1-3,10H,4-5H2;1-4H3;1-2H2;2H,1H3/b17-10+,18-9-;;;;;;;;. The van der Waals surface area contributed by atoms with E-state index in [4.69, 9.17) is 52.7 Å². The highest BCUT2D eigenvalue weighted by Gasteiger charge is 2.44. The number of fused-ring (bicyclic) bond motifs is 1. The molecule has 3 amide bonds. The Labute approximate surface area is 692 Å². The molecule has 1 radical (unpaired) electrons. The van der Waals surface area contributed by atoms with Crippen LogP contribution in [-0.2, 0) is 62.2 Å². The summed E-state index contributed by atoms with van der Waals surface area (Å²) in [6.07, 6.45) is 23.0. The maximum atomic E-state index is 13.0. The lowest BCUT2D eigenvalue weighted by molar-refractivity contribution is -0.134. The Hall–Kier alpha value is -8.36. The number of epoxide rings is 1. The number of amides is 3. The average Bonchev–Trinajstić information content (AvgIpc) is 1.60. The number of halogens is 2. The average molecular weight is 1690 g/mol. The number of hydrogen-bond donors (Lipinski definition) is 4. The van der Waals surface area contributed by atoms with Crippen molar-refractivity contribution in [2.24, 2.45) is 11.8 Å². The van der Waals surface area contributed by atoms with Crippen molar-refractivity contribution in [3.05, 3.63) is 256 Å². The summed E-state index contributed by atoms with van der Waals surface area (Å²) in [4.78, 5) is 52.6. The van der Waals surface area contributed by atoms with Crippen molar-refractivity contribution in [2.45, 2.75) is 155 Å². The number of methoxy groups -OCH3 is 6. The van der Waals surface area contributed by atoms with Gasteiger partial charge in [0, 0.05) is 100 Å². The van der Waals surface area contributed by atoms with Gasteiger partial charge < -0.3 is 77.8 Å². The van der Waals surface area contributed by atoms with Crippen LogP contribution in [0.25, 0.3) is 0 Å². The summed E-state index contributed by atoms with van der Waals surface area (Å²) in [6, 6.07) is 18.3. The number of carbonyl (C=O) groups excluding carboxylic acids is 3. The molecule has 2 fully saturated rings. The third-order valence-corrected chi connectivity index (χ3v) is 20.2. The van der Waals surface area contributed by atoms with Crippen LogP contribution in [-0.4, -0.2) is 192 Å². The number of alkyl halides is 1. The van der Waals surface area contributed by atoms with E-state index in [0.29, 0.717) is 71.9 Å². The molecule has 3 aromatic carbocycles. The van der Waals surface area contributed by atoms with Gasteiger partial charge in [0.25, 0.3) is 11.8 Å². The molecule has 0 aromatic heterocycles. The largest absolute Gasteiger partial charge is 0.501 e. The minimum absolute atomic E-state index is 0.0485. The van der Waals surface area contributed by atoms with Crippen LogP contribution in [0.1, 0.15) is 134 Å². The smallest absolute Gasteiger partial charge is 0.488 e. The van der Waals surface area contributed by atoms with Crippen molar-refractivity contribution in [1.82, 2.24) is 20.0 Å². The Balaban J connectivity index is 0.000000459. The van der Waals surface area contributed by atoms with Gasteiger partial charge in [-0.25, -0.2) is 4.79 Å². The fraction of sp³-hybridized carbons (Fsp3) is 0.444. The van der Waals surface area contributed by atoms with Crippen LogP contribution >= 0.6 is 31.9 Å². The van der Waals surface area contributed by atoms with Gasteiger partial charge in [-0.1, -0.05) is 185 Å². The molecule has 2 saturated heterocycles. The van der Waals surface area contributed by atoms with E-state index in [2.05, 4.69) is 133 Å². The highest BCUT2D eigenvalue weighted by molar-refractivity contribution is 9.10. The topological polar surface area (TPSA) is 237 Å². The van der Waals surface area contributed by atoms with Crippen LogP contribution in [0.5, 0.6) is 17.2 Å². The molecule has 619 valence electrons. The molecular formula is C90H126BBr2N4O16. The second-order valence-electron chi connectivity index (χ2n) is 28.4. The highest BCUT2D eigenvalue weighted by Crippen LogP contribution is 2.35. The maximum absolute atomic E-state index is 13.0. The van der Waals surface area contributed by atoms with Crippen LogP contribution in [0.2, 0.25) is 0 Å². The number of carbonyl (C=O) groups is 4. The third kappa shape index (κ3) is 33.2. The molecule has 113 heavy (non-hydrogen) atoms. The molecule has 1 aliphatic carbocycles. The molecule has 7 aliphatic rings. The number of allylic oxidation sites excluding steroid dienone is 7. The van der Waals surface area contributed by atoms with Crippen molar-refractivity contribution in [3.63, 3.8) is 0 Å². The molecule has 23 heteroatoms. The van der Waals surface area contributed by atoms with Gasteiger partial charge in [-0.05, 0) is 151 Å². The van der Waals surface area contributed by atoms with Gasteiger partial charge in [-0.2, -0.15) is 0 Å². The summed E-state index contributed by atoms with van der Waals surface area (Å²) in [5.74, 6) is 3.58. The molecule has 0 saturated carbocycles. The number of nitrogens with one attached hydrogen (secondary N) is 1. The number of hydrogen-bond acceptors (Lipinski definition) is 16. The van der Waals surface area contributed by atoms with Crippen LogP contribution in [0.15, 0.2) is 228 Å². The predicted octanol–water partition coefficient (Wildman–Crippen LogP) is 16.8. The molecule has 3 aromatic rings. The monoisotopic (exact) mass is 1690 g/mol. The van der Waals surface area contributed by atoms with E-state index < -0.39 is 18.2 Å². The maximum Gasteiger partial charge on any atom is 0.488 e. The number of carboxylic acids is 1. The molecule has 0 spiro atoms. The normalized spacial score (nSPS) is 17.6. The highest BCUT2D eigenvalue weighted by atomic mass is 79.9. The number of aliphatic hydroxyl groups is 2. The lowest BCUT2D eigenvalue weighted by atomic mass is 9.89. The summed E-state index contributed by atoms with van der Waals surface area (Å²) in [5.41, 5.74) is 12.2. The number of benzene rings is 3. The SMILES string of the molecule is Brc1ccc2c(c1)CNC2.C=C.C=C/C(=C\C1=CCN(C(=O)C(=C)C(O)C/C(=C/C(C)C)OC)C1)C1CO1.C=CC(Br)CC1=CCN(C=O)C1.C=CC(C=C)=CC1=CCN(C(=O)c2cc(CC)c(OC)cc2OC)C1.CC1(C)O[B]OC1(C)C.CO.COC1=C(C(C)C)C=C(C(=O)O)C(OC)C1.COc1ccc(C(C)C)cc1. The number of aliphatic carboxylic acids is 1. The number of carboxylic acid groups (broad SMARTS) is 1. The van der Waals surface area contributed by atoms with Crippen molar-refractivity contribution in [1.29, 1.82) is 0 Å². The van der Waals surface area contributed by atoms with Gasteiger partial charge in [0.05, 0.1) is 82.5 Å². The molecule has 0 bridgehead atoms. The lowest BCUT2D eigenvalue weighted by Crippen LogP contribution is -2.41. The van der Waals surface area contributed by atoms with Crippen molar-refractivity contribution < 1.29 is 77.0 Å². The summed E-state index contributed by atoms with van der Waals surface area (Å²) in [5, 5.41) is 29.7. The molecule has 6 aliphatic heterocycles. The van der Waals surface area contributed by atoms with E-state index in [0.717, 1.165) is 110 Å². The number of ether oxygens (including phenoxy) is 7. The Morgan fingerprint density at radius 1 is 0.752 bits per heavy atom. The molecule has 20 nitrogen and oxygen atoms in total. The van der Waals surface area contributed by atoms with E-state index in [1.165, 1.54) is 41.5 Å². The third-order valence-electron chi connectivity index (χ3n) is 19.0. The molecule has 4 N–H and O–H groups in total. The van der Waals surface area contributed by atoms with Crippen LogP contribution in [0.4, 0.5) is 0 Å². The quantitative estimate of drug-likeness (QED) is 0.00854. The van der Waals surface area contributed by atoms with Crippen LogP contribution in [0.3, 0.4) is 0 Å². The molecule has 4 unspecified atom stereocenters. The lowest BCUT2D eigenvalue weighted by Gasteiger charge is -2.32. The van der Waals surface area contributed by atoms with Gasteiger partial charge >= 0.3 is 13.7 Å². The Morgan fingerprint density at radius 3 is 1.81 bits per heavy atom. The summed E-state index contributed by atoms with van der Waals surface area (Å²) in [7, 11) is 12.0. The first kappa shape index (κ1) is 101. The van der Waals surface area contributed by atoms with Crippen molar-refractivity contribution >= 4 is 63.7 Å². The Kier molecular flexibility index (Phi) is 46.5. The van der Waals surface area contributed by atoms with E-state index in [9.17, 15) is 24.3 Å². The number of rotatable bonds is 26. The van der Waals surface area contributed by atoms with Crippen LogP contribution in [0, 0.1) is 11.8 Å². The molecule has 10 rings (SSSR count). The van der Waals surface area contributed by atoms with E-state index in [1.54, 1.807) is 80.6 Å². The van der Waals surface area contributed by atoms with Crippen LogP contribution < -0.4 is 19.5 Å². The van der Waals surface area contributed by atoms with E-state index >= 15 is 0 Å². The van der Waals surface area contributed by atoms with Gasteiger partial charge in [0.15, 0.2) is 0 Å². The second kappa shape index (κ2) is 52.2. The first-order valence-electron chi connectivity index (χ1n) is 37.6. The number of aliphatic hydroxyl groups excluding tert-OH is 2. The first-order valence-corrected chi connectivity index (χ1v) is 39.3. The van der Waals surface area contributed by atoms with Gasteiger partial charge in [0.1, 0.15) is 29.1 Å². The van der Waals surface area contributed by atoms with Gasteiger partial charge in [-0.3, -0.25) is 14.4 Å².